The van der Waals surface area contributed by atoms with Crippen LogP contribution in [0.25, 0.3) is 11.2 Å². The number of nitrogens with zero attached hydrogens (tertiary/aromatic N) is 4. The molecule has 3 atom stereocenters. The molecule has 0 radical (unpaired) electrons. The van der Waals surface area contributed by atoms with Gasteiger partial charge >= 0.3 is 5.97 Å². The number of aromatic nitrogens is 4. The standard InChI is InChI=1S/C18H31N6O5PS2/c1-12(2)29-18(25)14(4)23-30(26,28-6-7-32-31-5)11-27-13(3)8-24-10-22-15-16(19)20-9-21-17(15)24/h9-10,12-14H,6-8,11H2,1-5H3,(H,23,26)(H2,19,20,21)/t13-,14+,30?/m1/s1. The molecule has 0 aliphatic heterocycles. The lowest BCUT2D eigenvalue weighted by atomic mass is 10.4. The Morgan fingerprint density at radius 1 is 1.28 bits per heavy atom. The summed E-state index contributed by atoms with van der Waals surface area (Å²) in [5, 5.41) is 2.79. The van der Waals surface area contributed by atoms with E-state index in [9.17, 15) is 9.36 Å². The Labute approximate surface area is 195 Å². The van der Waals surface area contributed by atoms with Gasteiger partial charge in [0.05, 0.1) is 31.7 Å². The van der Waals surface area contributed by atoms with E-state index in [0.717, 1.165) is 0 Å². The number of fused-ring (bicyclic) bond motifs is 1. The minimum atomic E-state index is -3.48. The monoisotopic (exact) mass is 506 g/mol. The van der Waals surface area contributed by atoms with Gasteiger partial charge in [-0.25, -0.2) is 20.0 Å². The topological polar surface area (TPSA) is 143 Å². The summed E-state index contributed by atoms with van der Waals surface area (Å²) in [6.45, 7) is 7.58. The number of rotatable bonds is 14. The summed E-state index contributed by atoms with van der Waals surface area (Å²) in [4.78, 5) is 24.5. The molecule has 0 aliphatic carbocycles. The number of hydrogen-bond acceptors (Lipinski definition) is 11. The van der Waals surface area contributed by atoms with Gasteiger partial charge in [-0.3, -0.25) is 9.36 Å². The van der Waals surface area contributed by atoms with Gasteiger partial charge in [0.15, 0.2) is 11.5 Å². The molecule has 0 aromatic carbocycles. The zero-order valence-corrected chi connectivity index (χ0v) is 21.4. The lowest BCUT2D eigenvalue weighted by Gasteiger charge is -2.25. The highest BCUT2D eigenvalue weighted by Crippen LogP contribution is 2.43. The van der Waals surface area contributed by atoms with Crippen LogP contribution in [0.4, 0.5) is 5.82 Å². The fourth-order valence-electron chi connectivity index (χ4n) is 2.68. The van der Waals surface area contributed by atoms with E-state index in [1.165, 1.54) is 6.33 Å². The van der Waals surface area contributed by atoms with Crippen LogP contribution in [-0.2, 0) is 29.9 Å². The fourth-order valence-corrected chi connectivity index (χ4v) is 5.59. The van der Waals surface area contributed by atoms with Crippen LogP contribution >= 0.6 is 29.1 Å². The molecule has 0 fully saturated rings. The molecule has 32 heavy (non-hydrogen) atoms. The molecule has 0 saturated heterocycles. The normalized spacial score (nSPS) is 15.6. The number of nitrogens with one attached hydrogen (secondary N) is 1. The van der Waals surface area contributed by atoms with Crippen LogP contribution < -0.4 is 10.8 Å². The van der Waals surface area contributed by atoms with Crippen molar-refractivity contribution in [2.45, 2.75) is 52.5 Å². The second-order valence-electron chi connectivity index (χ2n) is 7.27. The van der Waals surface area contributed by atoms with Crippen molar-refractivity contribution in [2.75, 3.05) is 30.7 Å². The van der Waals surface area contributed by atoms with Gasteiger partial charge in [0.2, 0.25) is 0 Å². The first-order valence-corrected chi connectivity index (χ1v) is 14.6. The Bertz CT molecular complexity index is 930. The van der Waals surface area contributed by atoms with Gasteiger partial charge in [0, 0.05) is 5.75 Å². The van der Waals surface area contributed by atoms with Gasteiger partial charge in [0.25, 0.3) is 7.52 Å². The fraction of sp³-hybridized carbons (Fsp3) is 0.667. The number of nitrogens with two attached hydrogens (primary N) is 1. The minimum absolute atomic E-state index is 0.207. The zero-order valence-electron chi connectivity index (χ0n) is 18.9. The van der Waals surface area contributed by atoms with Crippen LogP contribution in [-0.4, -0.2) is 68.7 Å². The molecule has 0 spiro atoms. The average molecular weight is 507 g/mol. The van der Waals surface area contributed by atoms with Crippen molar-refractivity contribution in [3.8, 4) is 0 Å². The van der Waals surface area contributed by atoms with Gasteiger partial charge in [-0.15, -0.1) is 0 Å². The van der Waals surface area contributed by atoms with E-state index in [4.69, 9.17) is 19.7 Å². The Morgan fingerprint density at radius 2 is 2.03 bits per heavy atom. The molecular weight excluding hydrogens is 475 g/mol. The molecular formula is C18H31N6O5PS2. The second kappa shape index (κ2) is 12.8. The zero-order chi connectivity index (χ0) is 23.7. The van der Waals surface area contributed by atoms with E-state index in [2.05, 4.69) is 20.0 Å². The molecule has 11 nitrogen and oxygen atoms in total. The molecule has 0 aliphatic rings. The quantitative estimate of drug-likeness (QED) is 0.168. The number of ether oxygens (including phenoxy) is 2. The molecule has 2 heterocycles. The van der Waals surface area contributed by atoms with Gasteiger partial charge in [-0.2, -0.15) is 0 Å². The summed E-state index contributed by atoms with van der Waals surface area (Å²) in [5.74, 6) is 0.447. The average Bonchev–Trinajstić information content (AvgIpc) is 3.13. The van der Waals surface area contributed by atoms with Crippen molar-refractivity contribution in [3.05, 3.63) is 12.7 Å². The maximum absolute atomic E-state index is 13.4. The summed E-state index contributed by atoms with van der Waals surface area (Å²) in [6, 6.07) is -0.812. The highest BCUT2D eigenvalue weighted by Gasteiger charge is 2.30. The van der Waals surface area contributed by atoms with Crippen molar-refractivity contribution in [2.24, 2.45) is 0 Å². The number of carbonyl (C=O) groups is 1. The van der Waals surface area contributed by atoms with E-state index in [1.807, 2.05) is 13.2 Å². The molecule has 0 saturated carbocycles. The van der Waals surface area contributed by atoms with Crippen LogP contribution in [0.2, 0.25) is 0 Å². The van der Waals surface area contributed by atoms with E-state index in [0.29, 0.717) is 29.3 Å². The SMILES string of the molecule is CSSCCOP(=O)(CO[C@H](C)Cn1cnc2c(N)ncnc21)N[C@@H](C)C(=O)OC(C)C. The van der Waals surface area contributed by atoms with Crippen LogP contribution in [0.1, 0.15) is 27.7 Å². The van der Waals surface area contributed by atoms with Crippen molar-refractivity contribution in [1.82, 2.24) is 24.6 Å². The smallest absolute Gasteiger partial charge is 0.323 e. The van der Waals surface area contributed by atoms with Gasteiger partial charge in [-0.1, -0.05) is 21.6 Å². The first-order valence-electron chi connectivity index (χ1n) is 10.1. The highest BCUT2D eigenvalue weighted by molar-refractivity contribution is 8.76. The molecule has 2 aromatic rings. The van der Waals surface area contributed by atoms with Gasteiger partial charge < -0.3 is 24.3 Å². The molecule has 2 rings (SSSR count). The molecule has 180 valence electrons. The molecule has 0 amide bonds. The Morgan fingerprint density at radius 3 is 2.72 bits per heavy atom. The van der Waals surface area contributed by atoms with E-state index in [1.54, 1.807) is 53.3 Å². The van der Waals surface area contributed by atoms with Crippen molar-refractivity contribution < 1.29 is 23.4 Å². The summed E-state index contributed by atoms with van der Waals surface area (Å²) in [6.07, 6.45) is 4.10. The number of anilines is 1. The summed E-state index contributed by atoms with van der Waals surface area (Å²) in [7, 11) is -0.296. The number of carbonyl (C=O) groups excluding carboxylic acids is 1. The molecule has 1 unspecified atom stereocenters. The Hall–Kier alpha value is -1.37. The Kier molecular flexibility index (Phi) is 10.7. The van der Waals surface area contributed by atoms with Crippen LogP contribution in [0, 0.1) is 0 Å². The summed E-state index contributed by atoms with van der Waals surface area (Å²) in [5.41, 5.74) is 6.92. The number of nitrogen functional groups attached to an aromatic ring is 1. The Balaban J connectivity index is 2.01. The minimum Gasteiger partial charge on any atom is -0.462 e. The van der Waals surface area contributed by atoms with Crippen LogP contribution in [0.15, 0.2) is 12.7 Å². The van der Waals surface area contributed by atoms with E-state index < -0.39 is 19.5 Å². The summed E-state index contributed by atoms with van der Waals surface area (Å²) >= 11 is 0. The third kappa shape index (κ3) is 8.20. The van der Waals surface area contributed by atoms with Crippen LogP contribution in [0.3, 0.4) is 0 Å². The number of hydrogen-bond donors (Lipinski definition) is 2. The van der Waals surface area contributed by atoms with Crippen molar-refractivity contribution >= 4 is 52.1 Å². The third-order valence-corrected chi connectivity index (χ3v) is 7.74. The third-order valence-electron chi connectivity index (χ3n) is 4.09. The number of imidazole rings is 1. The van der Waals surface area contributed by atoms with Crippen LogP contribution in [0.5, 0.6) is 0 Å². The lowest BCUT2D eigenvalue weighted by Crippen LogP contribution is -2.36. The summed E-state index contributed by atoms with van der Waals surface area (Å²) < 4.78 is 31.9. The number of esters is 1. The first-order chi connectivity index (χ1) is 15.1. The predicted octanol–water partition coefficient (Wildman–Crippen LogP) is 2.92. The predicted molar refractivity (Wildman–Crippen MR) is 129 cm³/mol. The van der Waals surface area contributed by atoms with Crippen molar-refractivity contribution in [1.29, 1.82) is 0 Å². The first kappa shape index (κ1) is 26.9. The maximum Gasteiger partial charge on any atom is 0.323 e. The van der Waals surface area contributed by atoms with Crippen molar-refractivity contribution in [3.63, 3.8) is 0 Å². The molecule has 3 N–H and O–H groups in total. The van der Waals surface area contributed by atoms with E-state index in [-0.39, 0.29) is 25.2 Å². The molecule has 0 bridgehead atoms. The van der Waals surface area contributed by atoms with Gasteiger partial charge in [-0.05, 0) is 34.0 Å². The molecule has 14 heteroatoms. The van der Waals surface area contributed by atoms with E-state index >= 15 is 0 Å². The lowest BCUT2D eigenvalue weighted by molar-refractivity contribution is -0.149. The maximum atomic E-state index is 13.4. The molecule has 2 aromatic heterocycles. The second-order valence-corrected chi connectivity index (χ2v) is 12.1. The highest BCUT2D eigenvalue weighted by atomic mass is 33.1. The largest absolute Gasteiger partial charge is 0.462 e. The van der Waals surface area contributed by atoms with Gasteiger partial charge in [0.1, 0.15) is 24.2 Å².